The number of nitrogens with zero attached hydrogens (tertiary/aromatic N) is 1. The van der Waals surface area contributed by atoms with Crippen LogP contribution in [0, 0.1) is 0 Å². The lowest BCUT2D eigenvalue weighted by Crippen LogP contribution is -2.52. The van der Waals surface area contributed by atoms with E-state index in [0.717, 1.165) is 17.0 Å². The molecule has 1 aromatic rings. The average Bonchev–Trinajstić information content (AvgIpc) is 2.37. The van der Waals surface area contributed by atoms with Crippen LogP contribution < -0.4 is 5.32 Å². The van der Waals surface area contributed by atoms with Crippen LogP contribution in [0.25, 0.3) is 0 Å². The van der Waals surface area contributed by atoms with Gasteiger partial charge >= 0.3 is 0 Å². The summed E-state index contributed by atoms with van der Waals surface area (Å²) in [6.07, 6.45) is 0.800. The molecule has 1 amide bonds. The van der Waals surface area contributed by atoms with Gasteiger partial charge in [0.25, 0.3) is 0 Å². The Hall–Kier alpha value is -1.42. The van der Waals surface area contributed by atoms with E-state index in [1.807, 2.05) is 35.2 Å². The maximum atomic E-state index is 12.1. The minimum Gasteiger partial charge on any atom is -0.373 e. The van der Waals surface area contributed by atoms with Crippen molar-refractivity contribution in [1.82, 2.24) is 10.2 Å². The molecule has 0 aliphatic heterocycles. The number of rotatable bonds is 5. The molecule has 1 atom stereocenters. The van der Waals surface area contributed by atoms with Crippen LogP contribution in [-0.4, -0.2) is 27.4 Å². The molecule has 1 rings (SSSR count). The summed E-state index contributed by atoms with van der Waals surface area (Å²) in [5.41, 5.74) is 1.02. The van der Waals surface area contributed by atoms with Crippen molar-refractivity contribution in [2.24, 2.45) is 0 Å². The smallest absolute Gasteiger partial charge is 0.220 e. The van der Waals surface area contributed by atoms with Crippen molar-refractivity contribution in [3.8, 4) is 0 Å². The molecule has 0 aromatic heterocycles. The second-order valence-electron chi connectivity index (χ2n) is 6.30. The number of benzene rings is 1. The Morgan fingerprint density at radius 3 is 2.29 bits per heavy atom. The van der Waals surface area contributed by atoms with Gasteiger partial charge in [-0.15, -0.1) is 0 Å². The Kier molecular flexibility index (Phi) is 6.34. The maximum absolute atomic E-state index is 12.1. The van der Waals surface area contributed by atoms with Gasteiger partial charge in [0.1, 0.15) is 0 Å². The van der Waals surface area contributed by atoms with Crippen molar-refractivity contribution in [3.05, 3.63) is 35.9 Å². The molecule has 0 heterocycles. The van der Waals surface area contributed by atoms with Crippen LogP contribution in [-0.2, 0) is 11.3 Å². The van der Waals surface area contributed by atoms with E-state index in [4.69, 9.17) is 12.2 Å². The Bertz CT molecular complexity index is 479. The zero-order valence-corrected chi connectivity index (χ0v) is 14.5. The summed E-state index contributed by atoms with van der Waals surface area (Å²) >= 11 is 5.53. The fraction of sp³-hybridized carbons (Fsp3) is 0.529. The van der Waals surface area contributed by atoms with E-state index >= 15 is 0 Å². The fourth-order valence-corrected chi connectivity index (χ4v) is 2.82. The van der Waals surface area contributed by atoms with E-state index in [9.17, 15) is 4.79 Å². The quantitative estimate of drug-likeness (QED) is 0.845. The van der Waals surface area contributed by atoms with Gasteiger partial charge in [-0.2, -0.15) is 0 Å². The van der Waals surface area contributed by atoms with Crippen molar-refractivity contribution in [2.75, 3.05) is 0 Å². The predicted molar refractivity (Wildman–Crippen MR) is 92.2 cm³/mol. The molecule has 0 saturated carbocycles. The predicted octanol–water partition coefficient (Wildman–Crippen LogP) is 3.53. The fourth-order valence-electron chi connectivity index (χ4n) is 2.22. The normalized spacial score (nSPS) is 12.6. The van der Waals surface area contributed by atoms with Crippen molar-refractivity contribution < 1.29 is 4.79 Å². The first-order valence-electron chi connectivity index (χ1n) is 7.37. The zero-order chi connectivity index (χ0) is 16.0. The highest BCUT2D eigenvalue weighted by Gasteiger charge is 2.25. The third-order valence-electron chi connectivity index (χ3n) is 3.16. The second-order valence-corrected chi connectivity index (χ2v) is 6.74. The lowest BCUT2D eigenvalue weighted by atomic mass is 10.1. The molecule has 0 fully saturated rings. The molecule has 4 heteroatoms. The largest absolute Gasteiger partial charge is 0.373 e. The van der Waals surface area contributed by atoms with Crippen molar-refractivity contribution in [3.63, 3.8) is 0 Å². The van der Waals surface area contributed by atoms with E-state index in [2.05, 4.69) is 33.0 Å². The monoisotopic (exact) mass is 306 g/mol. The molecule has 0 aliphatic rings. The van der Waals surface area contributed by atoms with E-state index < -0.39 is 0 Å². The summed E-state index contributed by atoms with van der Waals surface area (Å²) in [5, 5.41) is 3.33. The van der Waals surface area contributed by atoms with Crippen LogP contribution in [0.15, 0.2) is 30.3 Å². The van der Waals surface area contributed by atoms with Gasteiger partial charge in [0, 0.05) is 19.0 Å². The van der Waals surface area contributed by atoms with Crippen LogP contribution in [0.4, 0.5) is 0 Å². The highest BCUT2D eigenvalue weighted by Crippen LogP contribution is 2.14. The van der Waals surface area contributed by atoms with E-state index in [0.29, 0.717) is 6.54 Å². The average molecular weight is 306 g/mol. The SMILES string of the molecule is CC[C@H](C(=S)NC(C)(C)C)N(Cc1ccccc1)C(C)=O. The van der Waals surface area contributed by atoms with E-state index in [1.165, 1.54) is 0 Å². The standard InChI is InChI=1S/C17H26N2OS/c1-6-15(16(21)18-17(3,4)5)19(13(2)20)12-14-10-8-7-9-11-14/h7-11,15H,6,12H2,1-5H3,(H,18,21)/t15-/m1/s1. The summed E-state index contributed by atoms with van der Waals surface area (Å²) in [6.45, 7) is 10.5. The van der Waals surface area contributed by atoms with Crippen molar-refractivity contribution >= 4 is 23.1 Å². The molecule has 0 bridgehead atoms. The van der Waals surface area contributed by atoms with Crippen LogP contribution >= 0.6 is 12.2 Å². The van der Waals surface area contributed by atoms with Gasteiger partial charge in [-0.25, -0.2) is 0 Å². The molecule has 0 saturated heterocycles. The highest BCUT2D eigenvalue weighted by atomic mass is 32.1. The van der Waals surface area contributed by atoms with Crippen LogP contribution in [0.2, 0.25) is 0 Å². The molecule has 0 aliphatic carbocycles. The first kappa shape index (κ1) is 17.6. The molecule has 3 nitrogen and oxygen atoms in total. The van der Waals surface area contributed by atoms with E-state index in [1.54, 1.807) is 6.92 Å². The Labute approximate surface area is 133 Å². The van der Waals surface area contributed by atoms with Crippen molar-refractivity contribution in [2.45, 2.75) is 59.2 Å². The number of carbonyl (C=O) groups is 1. The summed E-state index contributed by atoms with van der Waals surface area (Å²) in [5.74, 6) is 0.0452. The molecular formula is C17H26N2OS. The number of carbonyl (C=O) groups excluding carboxylic acids is 1. The van der Waals surface area contributed by atoms with Gasteiger partial charge in [-0.1, -0.05) is 49.5 Å². The first-order valence-corrected chi connectivity index (χ1v) is 7.78. The number of thiocarbonyl (C=S) groups is 1. The number of amides is 1. The molecule has 0 radical (unpaired) electrons. The molecule has 116 valence electrons. The molecule has 0 unspecified atom stereocenters. The van der Waals surface area contributed by atoms with Crippen molar-refractivity contribution in [1.29, 1.82) is 0 Å². The van der Waals surface area contributed by atoms with Gasteiger partial charge in [0.15, 0.2) is 0 Å². The minimum atomic E-state index is -0.0975. The maximum Gasteiger partial charge on any atom is 0.220 e. The number of hydrogen-bond donors (Lipinski definition) is 1. The summed E-state index contributed by atoms with van der Waals surface area (Å²) in [7, 11) is 0. The van der Waals surface area contributed by atoms with Crippen LogP contribution in [0.1, 0.15) is 46.6 Å². The highest BCUT2D eigenvalue weighted by molar-refractivity contribution is 7.80. The third-order valence-corrected chi connectivity index (χ3v) is 3.54. The van der Waals surface area contributed by atoms with Gasteiger partial charge < -0.3 is 10.2 Å². The van der Waals surface area contributed by atoms with Gasteiger partial charge in [0.05, 0.1) is 11.0 Å². The third kappa shape index (κ3) is 5.84. The Morgan fingerprint density at radius 2 is 1.86 bits per heavy atom. The second kappa shape index (κ2) is 7.55. The minimum absolute atomic E-state index is 0.0452. The Balaban J connectivity index is 2.91. The zero-order valence-electron chi connectivity index (χ0n) is 13.6. The molecule has 1 aromatic carbocycles. The summed E-state index contributed by atoms with van der Waals surface area (Å²) < 4.78 is 0. The molecular weight excluding hydrogens is 280 g/mol. The number of nitrogens with one attached hydrogen (secondary N) is 1. The first-order chi connectivity index (χ1) is 9.74. The van der Waals surface area contributed by atoms with Gasteiger partial charge in [-0.3, -0.25) is 4.79 Å². The van der Waals surface area contributed by atoms with E-state index in [-0.39, 0.29) is 17.5 Å². The molecule has 0 spiro atoms. The summed E-state index contributed by atoms with van der Waals surface area (Å²) in [4.78, 5) is 14.6. The lowest BCUT2D eigenvalue weighted by molar-refractivity contribution is -0.130. The van der Waals surface area contributed by atoms with Crippen LogP contribution in [0.5, 0.6) is 0 Å². The van der Waals surface area contributed by atoms with Gasteiger partial charge in [-0.05, 0) is 32.8 Å². The summed E-state index contributed by atoms with van der Waals surface area (Å²) in [6, 6.07) is 9.94. The van der Waals surface area contributed by atoms with Gasteiger partial charge in [0.2, 0.25) is 5.91 Å². The topological polar surface area (TPSA) is 32.3 Å². The Morgan fingerprint density at radius 1 is 1.29 bits per heavy atom. The molecule has 21 heavy (non-hydrogen) atoms. The lowest BCUT2D eigenvalue weighted by Gasteiger charge is -2.34. The van der Waals surface area contributed by atoms with Crippen LogP contribution in [0.3, 0.4) is 0 Å². The number of hydrogen-bond acceptors (Lipinski definition) is 2. The molecule has 1 N–H and O–H groups in total.